The van der Waals surface area contributed by atoms with E-state index in [1.165, 1.54) is 49.0 Å². The predicted octanol–water partition coefficient (Wildman–Crippen LogP) is 9.49. The number of rotatable bonds is 3. The summed E-state index contributed by atoms with van der Waals surface area (Å²) < 4.78 is 4.62. The van der Waals surface area contributed by atoms with Gasteiger partial charge in [0.2, 0.25) is 0 Å². The molecule has 0 aliphatic heterocycles. The van der Waals surface area contributed by atoms with E-state index in [1.54, 1.807) is 0 Å². The van der Waals surface area contributed by atoms with Gasteiger partial charge in [0.15, 0.2) is 5.82 Å². The van der Waals surface area contributed by atoms with E-state index in [9.17, 15) is 0 Å². The molecule has 0 saturated heterocycles. The fraction of sp³-hybridized carbons (Fsp3) is 0. The average molecular weight is 537 g/mol. The van der Waals surface area contributed by atoms with E-state index in [0.717, 1.165) is 28.1 Å². The predicted molar refractivity (Wildman–Crippen MR) is 174 cm³/mol. The lowest BCUT2D eigenvalue weighted by molar-refractivity contribution is 0.958. The molecule has 0 aliphatic carbocycles. The molecule has 4 heteroatoms. The van der Waals surface area contributed by atoms with Crippen molar-refractivity contribution in [3.63, 3.8) is 0 Å². The minimum absolute atomic E-state index is 0.807. The first-order valence-electron chi connectivity index (χ1n) is 14.2. The molecule has 4 nitrogen and oxygen atoms in total. The molecule has 9 rings (SSSR count). The van der Waals surface area contributed by atoms with Crippen LogP contribution in [-0.4, -0.2) is 19.3 Å². The maximum absolute atomic E-state index is 4.72. The summed E-state index contributed by atoms with van der Waals surface area (Å²) >= 11 is 0. The van der Waals surface area contributed by atoms with Crippen molar-refractivity contribution in [3.05, 3.63) is 146 Å². The van der Waals surface area contributed by atoms with Gasteiger partial charge in [-0.25, -0.2) is 0 Å². The average Bonchev–Trinajstić information content (AvgIpc) is 3.55. The quantitative estimate of drug-likeness (QED) is 0.225. The minimum Gasteiger partial charge on any atom is -0.309 e. The van der Waals surface area contributed by atoms with Gasteiger partial charge in [0, 0.05) is 32.8 Å². The molecule has 0 bridgehead atoms. The van der Waals surface area contributed by atoms with Gasteiger partial charge in [-0.1, -0.05) is 84.9 Å². The highest BCUT2D eigenvalue weighted by Gasteiger charge is 2.17. The van der Waals surface area contributed by atoms with Crippen LogP contribution in [0.5, 0.6) is 0 Å². The topological polar surface area (TPSA) is 35.6 Å². The molecule has 0 radical (unpaired) electrons. The number of benzene rings is 6. The van der Waals surface area contributed by atoms with Crippen LogP contribution in [-0.2, 0) is 0 Å². The number of aromatic nitrogens is 4. The van der Waals surface area contributed by atoms with E-state index < -0.39 is 0 Å². The molecule has 0 aliphatic rings. The number of para-hydroxylation sites is 3. The molecule has 0 N–H and O–H groups in total. The zero-order valence-corrected chi connectivity index (χ0v) is 22.6. The first-order chi connectivity index (χ1) is 20.8. The maximum Gasteiger partial charge on any atom is 0.160 e. The third-order valence-corrected chi connectivity index (χ3v) is 8.38. The van der Waals surface area contributed by atoms with Gasteiger partial charge in [0.25, 0.3) is 0 Å². The first kappa shape index (κ1) is 23.0. The highest BCUT2D eigenvalue weighted by atomic mass is 15.2. The van der Waals surface area contributed by atoms with E-state index in [0.29, 0.717) is 0 Å². The summed E-state index contributed by atoms with van der Waals surface area (Å²) in [7, 11) is 0. The molecule has 0 saturated carbocycles. The van der Waals surface area contributed by atoms with Crippen molar-refractivity contribution < 1.29 is 0 Å². The van der Waals surface area contributed by atoms with Crippen LogP contribution in [0, 0.1) is 0 Å². The van der Waals surface area contributed by atoms with Gasteiger partial charge in [0.1, 0.15) is 0 Å². The van der Waals surface area contributed by atoms with Gasteiger partial charge in [-0.05, 0) is 71.4 Å². The second kappa shape index (κ2) is 8.88. The molecule has 9 aromatic rings. The summed E-state index contributed by atoms with van der Waals surface area (Å²) in [5.74, 6) is 0.807. The molecule has 3 aromatic heterocycles. The Morgan fingerprint density at radius 1 is 0.381 bits per heavy atom. The van der Waals surface area contributed by atoms with E-state index in [2.05, 4.69) is 142 Å². The monoisotopic (exact) mass is 536 g/mol. The van der Waals surface area contributed by atoms with Crippen LogP contribution in [0.2, 0.25) is 0 Å². The summed E-state index contributed by atoms with van der Waals surface area (Å²) in [5.41, 5.74) is 7.75. The van der Waals surface area contributed by atoms with Crippen LogP contribution in [0.25, 0.3) is 77.1 Å². The minimum atomic E-state index is 0.807. The molecule has 0 atom stereocenters. The molecular weight excluding hydrogens is 512 g/mol. The lowest BCUT2D eigenvalue weighted by Crippen LogP contribution is -1.99. The Hall–Kier alpha value is -5.74. The maximum atomic E-state index is 4.72. The van der Waals surface area contributed by atoms with Gasteiger partial charge < -0.3 is 4.57 Å². The number of hydrogen-bond donors (Lipinski definition) is 0. The molecule has 0 unspecified atom stereocenters. The van der Waals surface area contributed by atoms with Gasteiger partial charge >= 0.3 is 0 Å². The Labute approximate surface area is 241 Å². The Morgan fingerprint density at radius 3 is 1.55 bits per heavy atom. The van der Waals surface area contributed by atoms with Crippen LogP contribution in [0.3, 0.4) is 0 Å². The Kier molecular flexibility index (Phi) is 4.87. The Morgan fingerprint density at radius 2 is 0.929 bits per heavy atom. The van der Waals surface area contributed by atoms with E-state index >= 15 is 0 Å². The van der Waals surface area contributed by atoms with Gasteiger partial charge in [-0.3, -0.25) is 4.57 Å². The normalized spacial score (nSPS) is 11.8. The third kappa shape index (κ3) is 3.36. The fourth-order valence-electron chi connectivity index (χ4n) is 6.49. The van der Waals surface area contributed by atoms with Crippen molar-refractivity contribution in [1.82, 2.24) is 19.3 Å². The largest absolute Gasteiger partial charge is 0.309 e. The highest BCUT2D eigenvalue weighted by Crippen LogP contribution is 2.39. The second-order valence-corrected chi connectivity index (χ2v) is 10.8. The van der Waals surface area contributed by atoms with Gasteiger partial charge in [-0.2, -0.15) is 0 Å². The van der Waals surface area contributed by atoms with Crippen LogP contribution in [0.1, 0.15) is 0 Å². The van der Waals surface area contributed by atoms with Gasteiger partial charge in [0.05, 0.1) is 27.8 Å². The summed E-state index contributed by atoms with van der Waals surface area (Å²) in [6.45, 7) is 0. The molecule has 6 aromatic carbocycles. The van der Waals surface area contributed by atoms with Crippen molar-refractivity contribution in [3.8, 4) is 22.8 Å². The zero-order chi connectivity index (χ0) is 27.6. The van der Waals surface area contributed by atoms with Crippen molar-refractivity contribution in [2.24, 2.45) is 0 Å². The molecule has 42 heavy (non-hydrogen) atoms. The standard InChI is InChI=1S/C38H24N4/c1-3-11-25(12-4-1)33-19-20-38(40-39-33)42-35-18-10-8-16-30(35)32-22-26-23-36-31(21-27(26)24-37(32)42)29-15-7-9-17-34(29)41(36)28-13-5-2-6-14-28/h1-24H. The van der Waals surface area contributed by atoms with E-state index in [-0.39, 0.29) is 0 Å². The van der Waals surface area contributed by atoms with E-state index in [1.807, 2.05) is 18.2 Å². The summed E-state index contributed by atoms with van der Waals surface area (Å²) in [5, 5.41) is 16.6. The number of fused-ring (bicyclic) bond motifs is 7. The molecule has 0 amide bonds. The van der Waals surface area contributed by atoms with Gasteiger partial charge in [-0.15, -0.1) is 10.2 Å². The first-order valence-corrected chi connectivity index (χ1v) is 14.2. The lowest BCUT2D eigenvalue weighted by atomic mass is 10.0. The fourth-order valence-corrected chi connectivity index (χ4v) is 6.49. The Balaban J connectivity index is 1.32. The van der Waals surface area contributed by atoms with Crippen molar-refractivity contribution in [1.29, 1.82) is 0 Å². The van der Waals surface area contributed by atoms with Crippen molar-refractivity contribution in [2.75, 3.05) is 0 Å². The van der Waals surface area contributed by atoms with Crippen LogP contribution in [0.4, 0.5) is 0 Å². The van der Waals surface area contributed by atoms with Crippen molar-refractivity contribution >= 4 is 54.4 Å². The van der Waals surface area contributed by atoms with Crippen LogP contribution < -0.4 is 0 Å². The molecule has 0 spiro atoms. The molecular formula is C38H24N4. The van der Waals surface area contributed by atoms with E-state index in [4.69, 9.17) is 5.10 Å². The van der Waals surface area contributed by atoms with Crippen molar-refractivity contribution in [2.45, 2.75) is 0 Å². The number of hydrogen-bond acceptors (Lipinski definition) is 2. The van der Waals surface area contributed by atoms with Crippen LogP contribution >= 0.6 is 0 Å². The third-order valence-electron chi connectivity index (χ3n) is 8.38. The Bertz CT molecular complexity index is 2430. The lowest BCUT2D eigenvalue weighted by Gasteiger charge is -2.09. The summed E-state index contributed by atoms with van der Waals surface area (Å²) in [4.78, 5) is 0. The summed E-state index contributed by atoms with van der Waals surface area (Å²) in [6, 6.07) is 51.5. The molecule has 196 valence electrons. The molecule has 0 fully saturated rings. The SMILES string of the molecule is c1ccc(-c2ccc(-n3c4ccccc4c4cc5cc6c(cc5cc43)c3ccccc3n6-c3ccccc3)nn2)cc1. The number of nitrogens with zero attached hydrogens (tertiary/aromatic N) is 4. The second-order valence-electron chi connectivity index (χ2n) is 10.8. The van der Waals surface area contributed by atoms with Crippen LogP contribution in [0.15, 0.2) is 146 Å². The zero-order valence-electron chi connectivity index (χ0n) is 22.6. The smallest absolute Gasteiger partial charge is 0.160 e. The molecule has 3 heterocycles. The highest BCUT2D eigenvalue weighted by molar-refractivity contribution is 6.18. The summed E-state index contributed by atoms with van der Waals surface area (Å²) in [6.07, 6.45) is 0.